The van der Waals surface area contributed by atoms with Gasteiger partial charge in [0.15, 0.2) is 0 Å². The van der Waals surface area contributed by atoms with E-state index in [2.05, 4.69) is 20.0 Å². The molecule has 3 rings (SSSR count). The third-order valence-electron chi connectivity index (χ3n) is 4.12. The van der Waals surface area contributed by atoms with E-state index in [0.29, 0.717) is 18.8 Å². The number of hydrogen-bond acceptors (Lipinski definition) is 6. The predicted octanol–water partition coefficient (Wildman–Crippen LogP) is 4.33. The lowest BCUT2D eigenvalue weighted by atomic mass is 10.1. The van der Waals surface area contributed by atoms with Crippen LogP contribution in [0.2, 0.25) is 0 Å². The average Bonchev–Trinajstić information content (AvgIpc) is 3.21. The van der Waals surface area contributed by atoms with Crippen molar-refractivity contribution in [2.24, 2.45) is 0 Å². The number of aromatic nitrogens is 2. The standard InChI is InChI=1S/C19H21FN4O2S2.ClH/c1-2-6-14(24-28(25,26)18-9-4-3-8-16(18)20)11-22-19-15(7-5-10-21-19)17-12-27-13-23-17;/h3-5,7-10,12-14,24H,2,6,11H2,1H3,(H,21,22);1H. The zero-order valence-electron chi connectivity index (χ0n) is 15.7. The van der Waals surface area contributed by atoms with Crippen LogP contribution in [0.3, 0.4) is 0 Å². The fraction of sp³-hybridized carbons (Fsp3) is 0.263. The van der Waals surface area contributed by atoms with Crippen molar-refractivity contribution in [1.82, 2.24) is 14.7 Å². The number of benzene rings is 1. The van der Waals surface area contributed by atoms with Crippen molar-refractivity contribution in [2.45, 2.75) is 30.7 Å². The Morgan fingerprint density at radius 2 is 1.97 bits per heavy atom. The molecule has 0 radical (unpaired) electrons. The summed E-state index contributed by atoms with van der Waals surface area (Å²) in [5, 5.41) is 5.13. The van der Waals surface area contributed by atoms with Crippen molar-refractivity contribution >= 4 is 39.6 Å². The van der Waals surface area contributed by atoms with Crippen LogP contribution in [0, 0.1) is 5.82 Å². The highest BCUT2D eigenvalue weighted by molar-refractivity contribution is 7.89. The van der Waals surface area contributed by atoms with Gasteiger partial charge < -0.3 is 5.32 Å². The molecule has 0 aliphatic heterocycles. The molecule has 2 aromatic heterocycles. The molecular formula is C19H22ClFN4O2S2. The van der Waals surface area contributed by atoms with Gasteiger partial charge in [-0.05, 0) is 30.7 Å². The van der Waals surface area contributed by atoms with Crippen LogP contribution in [-0.2, 0) is 10.0 Å². The smallest absolute Gasteiger partial charge is 0.243 e. The van der Waals surface area contributed by atoms with E-state index in [1.54, 1.807) is 11.7 Å². The third kappa shape index (κ3) is 5.96. The topological polar surface area (TPSA) is 84.0 Å². The Balaban J connectivity index is 0.00000300. The first-order valence-corrected chi connectivity index (χ1v) is 11.3. The zero-order chi connectivity index (χ0) is 20.0. The summed E-state index contributed by atoms with van der Waals surface area (Å²) in [6.07, 6.45) is 3.03. The lowest BCUT2D eigenvalue weighted by Gasteiger charge is -2.20. The fourth-order valence-corrected chi connectivity index (χ4v) is 4.72. The number of halogens is 2. The van der Waals surface area contributed by atoms with Crippen LogP contribution < -0.4 is 10.0 Å². The Morgan fingerprint density at radius 1 is 1.17 bits per heavy atom. The van der Waals surface area contributed by atoms with E-state index < -0.39 is 21.9 Å². The van der Waals surface area contributed by atoms with Crippen LogP contribution in [0.1, 0.15) is 19.8 Å². The van der Waals surface area contributed by atoms with Crippen LogP contribution in [-0.4, -0.2) is 31.0 Å². The Labute approximate surface area is 180 Å². The second kappa shape index (κ2) is 10.6. The normalized spacial score (nSPS) is 12.2. The molecule has 29 heavy (non-hydrogen) atoms. The molecule has 3 aromatic rings. The lowest BCUT2D eigenvalue weighted by Crippen LogP contribution is -2.40. The van der Waals surface area contributed by atoms with Crippen molar-refractivity contribution < 1.29 is 12.8 Å². The van der Waals surface area contributed by atoms with Crippen molar-refractivity contribution in [1.29, 1.82) is 0 Å². The molecule has 0 saturated heterocycles. The summed E-state index contributed by atoms with van der Waals surface area (Å²) in [6, 6.07) is 8.66. The average molecular weight is 457 g/mol. The first kappa shape index (κ1) is 23.2. The van der Waals surface area contributed by atoms with Crippen molar-refractivity contribution in [3.8, 4) is 11.3 Å². The third-order valence-corrected chi connectivity index (χ3v) is 6.26. The maximum absolute atomic E-state index is 13.9. The molecule has 2 N–H and O–H groups in total. The quantitative estimate of drug-likeness (QED) is 0.500. The minimum absolute atomic E-state index is 0. The highest BCUT2D eigenvalue weighted by atomic mass is 35.5. The molecule has 156 valence electrons. The molecule has 1 unspecified atom stereocenters. The van der Waals surface area contributed by atoms with Gasteiger partial charge in [0.1, 0.15) is 16.5 Å². The predicted molar refractivity (Wildman–Crippen MR) is 117 cm³/mol. The van der Waals surface area contributed by atoms with E-state index in [4.69, 9.17) is 0 Å². The molecule has 0 saturated carbocycles. The Hall–Kier alpha value is -2.07. The Kier molecular flexibility index (Phi) is 8.51. The van der Waals surface area contributed by atoms with Gasteiger partial charge in [-0.15, -0.1) is 23.7 Å². The van der Waals surface area contributed by atoms with Gasteiger partial charge in [-0.25, -0.2) is 27.5 Å². The number of anilines is 1. The first-order valence-electron chi connectivity index (χ1n) is 8.85. The van der Waals surface area contributed by atoms with Crippen LogP contribution in [0.15, 0.2) is 58.4 Å². The number of nitrogens with zero attached hydrogens (tertiary/aromatic N) is 2. The number of thiazole rings is 1. The second-order valence-corrected chi connectivity index (χ2v) is 8.59. The van der Waals surface area contributed by atoms with Gasteiger partial charge >= 0.3 is 0 Å². The van der Waals surface area contributed by atoms with Crippen LogP contribution in [0.25, 0.3) is 11.3 Å². The van der Waals surface area contributed by atoms with Gasteiger partial charge in [-0.1, -0.05) is 25.5 Å². The number of pyridine rings is 1. The highest BCUT2D eigenvalue weighted by Crippen LogP contribution is 2.25. The summed E-state index contributed by atoms with van der Waals surface area (Å²) >= 11 is 1.49. The molecule has 1 atom stereocenters. The van der Waals surface area contributed by atoms with Crippen molar-refractivity contribution in [3.63, 3.8) is 0 Å². The first-order chi connectivity index (χ1) is 13.5. The van der Waals surface area contributed by atoms with E-state index in [-0.39, 0.29) is 17.3 Å². The van der Waals surface area contributed by atoms with Crippen molar-refractivity contribution in [2.75, 3.05) is 11.9 Å². The fourth-order valence-electron chi connectivity index (χ4n) is 2.81. The number of rotatable bonds is 9. The molecule has 0 amide bonds. The Bertz CT molecular complexity index is 1020. The SMILES string of the molecule is CCCC(CNc1ncccc1-c1cscn1)NS(=O)(=O)c1ccccc1F.Cl. The van der Waals surface area contributed by atoms with E-state index >= 15 is 0 Å². The maximum Gasteiger partial charge on any atom is 0.243 e. The van der Waals surface area contributed by atoms with Gasteiger partial charge in [-0.3, -0.25) is 0 Å². The van der Waals surface area contributed by atoms with Gasteiger partial charge in [-0.2, -0.15) is 0 Å². The monoisotopic (exact) mass is 456 g/mol. The van der Waals surface area contributed by atoms with E-state index in [1.807, 2.05) is 24.4 Å². The number of hydrogen-bond donors (Lipinski definition) is 2. The van der Waals surface area contributed by atoms with E-state index in [9.17, 15) is 12.8 Å². The maximum atomic E-state index is 13.9. The van der Waals surface area contributed by atoms with E-state index in [1.165, 1.54) is 29.5 Å². The zero-order valence-corrected chi connectivity index (χ0v) is 18.2. The molecule has 0 aliphatic carbocycles. The molecule has 6 nitrogen and oxygen atoms in total. The molecule has 10 heteroatoms. The number of sulfonamides is 1. The highest BCUT2D eigenvalue weighted by Gasteiger charge is 2.23. The number of nitrogens with one attached hydrogen (secondary N) is 2. The van der Waals surface area contributed by atoms with Crippen molar-refractivity contribution in [3.05, 3.63) is 59.3 Å². The minimum Gasteiger partial charge on any atom is -0.368 e. The van der Waals surface area contributed by atoms with Gasteiger partial charge in [0.2, 0.25) is 10.0 Å². The summed E-state index contributed by atoms with van der Waals surface area (Å²) < 4.78 is 41.7. The van der Waals surface area contributed by atoms with Gasteiger partial charge in [0.05, 0.1) is 11.2 Å². The summed E-state index contributed by atoms with van der Waals surface area (Å²) in [4.78, 5) is 8.31. The molecule has 1 aromatic carbocycles. The van der Waals surface area contributed by atoms with Crippen LogP contribution in [0.5, 0.6) is 0 Å². The molecule has 0 spiro atoms. The molecule has 0 bridgehead atoms. The van der Waals surface area contributed by atoms with Crippen LogP contribution >= 0.6 is 23.7 Å². The summed E-state index contributed by atoms with van der Waals surface area (Å²) in [5.41, 5.74) is 3.39. The second-order valence-electron chi connectivity index (χ2n) is 6.19. The van der Waals surface area contributed by atoms with Crippen LogP contribution in [0.4, 0.5) is 10.2 Å². The Morgan fingerprint density at radius 3 is 2.66 bits per heavy atom. The lowest BCUT2D eigenvalue weighted by molar-refractivity contribution is 0.523. The molecule has 0 aliphatic rings. The largest absolute Gasteiger partial charge is 0.368 e. The molecule has 2 heterocycles. The molecule has 0 fully saturated rings. The van der Waals surface area contributed by atoms with Gasteiger partial charge in [0, 0.05) is 29.7 Å². The van der Waals surface area contributed by atoms with E-state index in [0.717, 1.165) is 23.7 Å². The summed E-state index contributed by atoms with van der Waals surface area (Å²) in [6.45, 7) is 2.28. The minimum atomic E-state index is -3.97. The molecular weight excluding hydrogens is 435 g/mol. The van der Waals surface area contributed by atoms with Gasteiger partial charge in [0.25, 0.3) is 0 Å². The summed E-state index contributed by atoms with van der Waals surface area (Å²) in [7, 11) is -3.97. The summed E-state index contributed by atoms with van der Waals surface area (Å²) in [5.74, 6) is -0.145.